The van der Waals surface area contributed by atoms with Gasteiger partial charge in [0.1, 0.15) is 6.54 Å². The zero-order valence-electron chi connectivity index (χ0n) is 17.4. The van der Waals surface area contributed by atoms with Crippen LogP contribution in [0.15, 0.2) is 29.2 Å². The number of rotatable bonds is 7. The normalized spacial score (nSPS) is 15.3. The molecule has 0 atom stereocenters. The third kappa shape index (κ3) is 5.17. The van der Waals surface area contributed by atoms with Crippen molar-refractivity contribution in [3.63, 3.8) is 0 Å². The molecule has 1 aliphatic rings. The van der Waals surface area contributed by atoms with Crippen LogP contribution >= 0.6 is 35.0 Å². The van der Waals surface area contributed by atoms with E-state index in [9.17, 15) is 14.4 Å². The van der Waals surface area contributed by atoms with Gasteiger partial charge in [0.15, 0.2) is 0 Å². The van der Waals surface area contributed by atoms with E-state index in [0.717, 1.165) is 52.1 Å². The van der Waals surface area contributed by atoms with Gasteiger partial charge < -0.3 is 9.30 Å². The number of amides is 2. The maximum atomic E-state index is 12.7. The molecule has 1 aromatic carbocycles. The van der Waals surface area contributed by atoms with Gasteiger partial charge in [0.2, 0.25) is 0 Å². The van der Waals surface area contributed by atoms with Crippen molar-refractivity contribution >= 4 is 58.2 Å². The molecule has 31 heavy (non-hydrogen) atoms. The van der Waals surface area contributed by atoms with E-state index in [1.807, 2.05) is 37.5 Å². The van der Waals surface area contributed by atoms with Gasteiger partial charge in [-0.15, -0.1) is 0 Å². The number of imide groups is 1. The zero-order valence-corrected chi connectivity index (χ0v) is 19.7. The third-order valence-corrected chi connectivity index (χ3v) is 6.49. The van der Waals surface area contributed by atoms with Crippen LogP contribution in [0.25, 0.3) is 11.8 Å². The fraction of sp³-hybridized carbons (Fsp3) is 0.318. The SMILES string of the molecule is CCCCOC(=O)CN1C(=O)S/C(=C\c2cc(C)n(-c3ccc(Cl)c(Cl)c3)c2C)C1=O. The second-order valence-electron chi connectivity index (χ2n) is 7.10. The first kappa shape index (κ1) is 23.4. The van der Waals surface area contributed by atoms with Gasteiger partial charge in [-0.3, -0.25) is 19.3 Å². The average molecular weight is 481 g/mol. The van der Waals surface area contributed by atoms with Crippen LogP contribution in [0.4, 0.5) is 4.79 Å². The summed E-state index contributed by atoms with van der Waals surface area (Å²) < 4.78 is 7.05. The molecule has 0 unspecified atom stereocenters. The minimum Gasteiger partial charge on any atom is -0.464 e. The maximum Gasteiger partial charge on any atom is 0.326 e. The smallest absolute Gasteiger partial charge is 0.326 e. The number of hydrogen-bond acceptors (Lipinski definition) is 5. The first-order chi connectivity index (χ1) is 14.7. The number of benzene rings is 1. The Bertz CT molecular complexity index is 1080. The second kappa shape index (κ2) is 9.94. The molecule has 0 radical (unpaired) electrons. The Balaban J connectivity index is 1.82. The monoisotopic (exact) mass is 480 g/mol. The van der Waals surface area contributed by atoms with Crippen LogP contribution in [0.2, 0.25) is 10.0 Å². The number of carbonyl (C=O) groups excluding carboxylic acids is 3. The maximum absolute atomic E-state index is 12.7. The van der Waals surface area contributed by atoms with Crippen LogP contribution in [0.5, 0.6) is 0 Å². The molecular weight excluding hydrogens is 459 g/mol. The lowest BCUT2D eigenvalue weighted by molar-refractivity contribution is -0.146. The summed E-state index contributed by atoms with van der Waals surface area (Å²) in [4.78, 5) is 38.1. The Labute approximate surface area is 195 Å². The summed E-state index contributed by atoms with van der Waals surface area (Å²) in [6.45, 7) is 5.73. The van der Waals surface area contributed by atoms with Crippen LogP contribution in [-0.4, -0.2) is 39.7 Å². The van der Waals surface area contributed by atoms with Crippen molar-refractivity contribution in [1.82, 2.24) is 9.47 Å². The van der Waals surface area contributed by atoms with E-state index in [2.05, 4.69) is 0 Å². The Kier molecular flexibility index (Phi) is 7.51. The number of thioether (sulfide) groups is 1. The van der Waals surface area contributed by atoms with Crippen molar-refractivity contribution in [3.8, 4) is 5.69 Å². The number of ether oxygens (including phenoxy) is 1. The molecule has 0 aliphatic carbocycles. The molecule has 0 spiro atoms. The standard InChI is InChI=1S/C22H22Cl2N2O4S/c1-4-5-8-30-20(27)12-25-21(28)19(31-22(25)29)10-15-9-13(2)26(14(15)3)16-6-7-17(23)18(24)11-16/h6-7,9-11H,4-5,8,12H2,1-3H3/b19-10-. The first-order valence-corrected chi connectivity index (χ1v) is 11.4. The Morgan fingerprint density at radius 3 is 2.58 bits per heavy atom. The Hall–Kier alpha value is -2.22. The Morgan fingerprint density at radius 2 is 1.90 bits per heavy atom. The van der Waals surface area contributed by atoms with E-state index in [1.165, 1.54) is 0 Å². The highest BCUT2D eigenvalue weighted by Gasteiger charge is 2.36. The topological polar surface area (TPSA) is 68.6 Å². The first-order valence-electron chi connectivity index (χ1n) is 9.78. The molecule has 2 amide bonds. The van der Waals surface area contributed by atoms with Crippen molar-refractivity contribution in [2.24, 2.45) is 0 Å². The number of unbranched alkanes of at least 4 members (excludes halogenated alkanes) is 1. The summed E-state index contributed by atoms with van der Waals surface area (Å²) in [5.41, 5.74) is 3.44. The molecule has 6 nitrogen and oxygen atoms in total. The predicted octanol–water partition coefficient (Wildman–Crippen LogP) is 5.78. The molecule has 1 aromatic heterocycles. The average Bonchev–Trinajstić information content (AvgIpc) is 3.14. The van der Waals surface area contributed by atoms with E-state index < -0.39 is 17.1 Å². The number of hydrogen-bond donors (Lipinski definition) is 0. The predicted molar refractivity (Wildman–Crippen MR) is 124 cm³/mol. The number of aryl methyl sites for hydroxylation is 1. The van der Waals surface area contributed by atoms with Gasteiger partial charge >= 0.3 is 5.97 Å². The highest BCUT2D eigenvalue weighted by atomic mass is 35.5. The van der Waals surface area contributed by atoms with Gasteiger partial charge in [-0.1, -0.05) is 36.5 Å². The van der Waals surface area contributed by atoms with Gasteiger partial charge in [-0.2, -0.15) is 0 Å². The summed E-state index contributed by atoms with van der Waals surface area (Å²) in [5.74, 6) is -1.09. The zero-order chi connectivity index (χ0) is 22.7. The molecule has 9 heteroatoms. The number of aromatic nitrogens is 1. The molecular formula is C22H22Cl2N2O4S. The fourth-order valence-corrected chi connectivity index (χ4v) is 4.36. The number of esters is 1. The molecule has 0 saturated carbocycles. The molecule has 1 aliphatic heterocycles. The second-order valence-corrected chi connectivity index (χ2v) is 8.91. The summed E-state index contributed by atoms with van der Waals surface area (Å²) in [5, 5.41) is 0.428. The van der Waals surface area contributed by atoms with E-state index in [1.54, 1.807) is 18.2 Å². The number of nitrogens with zero attached hydrogens (tertiary/aromatic N) is 2. The third-order valence-electron chi connectivity index (χ3n) is 4.84. The largest absolute Gasteiger partial charge is 0.464 e. The molecule has 1 saturated heterocycles. The van der Waals surface area contributed by atoms with E-state index >= 15 is 0 Å². The fourth-order valence-electron chi connectivity index (χ4n) is 3.24. The quantitative estimate of drug-likeness (QED) is 0.285. The van der Waals surface area contributed by atoms with Gasteiger partial charge in [-0.05, 0) is 67.9 Å². The summed E-state index contributed by atoms with van der Waals surface area (Å²) >= 11 is 13.0. The lowest BCUT2D eigenvalue weighted by atomic mass is 10.2. The van der Waals surface area contributed by atoms with Gasteiger partial charge in [0, 0.05) is 17.1 Å². The molecule has 0 bridgehead atoms. The highest BCUT2D eigenvalue weighted by molar-refractivity contribution is 8.18. The minimum absolute atomic E-state index is 0.265. The van der Waals surface area contributed by atoms with E-state index in [0.29, 0.717) is 10.0 Å². The van der Waals surface area contributed by atoms with E-state index in [4.69, 9.17) is 27.9 Å². The van der Waals surface area contributed by atoms with Crippen LogP contribution in [-0.2, 0) is 14.3 Å². The molecule has 0 N–H and O–H groups in total. The minimum atomic E-state index is -0.588. The van der Waals surface area contributed by atoms with Crippen molar-refractivity contribution in [2.75, 3.05) is 13.2 Å². The lowest BCUT2D eigenvalue weighted by Gasteiger charge is -2.11. The van der Waals surface area contributed by atoms with Crippen LogP contribution in [0, 0.1) is 13.8 Å². The number of carbonyl (C=O) groups is 3. The van der Waals surface area contributed by atoms with Crippen LogP contribution in [0.1, 0.15) is 36.7 Å². The van der Waals surface area contributed by atoms with Crippen LogP contribution in [0.3, 0.4) is 0 Å². The lowest BCUT2D eigenvalue weighted by Crippen LogP contribution is -2.34. The summed E-state index contributed by atoms with van der Waals surface area (Å²) in [6.07, 6.45) is 3.30. The van der Waals surface area contributed by atoms with Crippen molar-refractivity contribution in [2.45, 2.75) is 33.6 Å². The highest BCUT2D eigenvalue weighted by Crippen LogP contribution is 2.34. The molecule has 164 valence electrons. The molecule has 2 aromatic rings. The van der Waals surface area contributed by atoms with Gasteiger partial charge in [0.05, 0.1) is 21.6 Å². The molecule has 2 heterocycles. The van der Waals surface area contributed by atoms with E-state index in [-0.39, 0.29) is 18.1 Å². The molecule has 3 rings (SSSR count). The van der Waals surface area contributed by atoms with Crippen molar-refractivity contribution < 1.29 is 19.1 Å². The van der Waals surface area contributed by atoms with Crippen molar-refractivity contribution in [3.05, 3.63) is 56.2 Å². The van der Waals surface area contributed by atoms with Gasteiger partial charge in [0.25, 0.3) is 11.1 Å². The van der Waals surface area contributed by atoms with Crippen LogP contribution < -0.4 is 0 Å². The Morgan fingerprint density at radius 1 is 1.16 bits per heavy atom. The number of halogens is 2. The van der Waals surface area contributed by atoms with Gasteiger partial charge in [-0.25, -0.2) is 0 Å². The molecule has 1 fully saturated rings. The summed E-state index contributed by atoms with van der Waals surface area (Å²) in [7, 11) is 0. The van der Waals surface area contributed by atoms with Crippen molar-refractivity contribution in [1.29, 1.82) is 0 Å². The summed E-state index contributed by atoms with van der Waals surface area (Å²) in [6, 6.07) is 7.27.